The van der Waals surface area contributed by atoms with Gasteiger partial charge in [0.1, 0.15) is 5.75 Å². The summed E-state index contributed by atoms with van der Waals surface area (Å²) in [6.07, 6.45) is -6.86. The topological polar surface area (TPSA) is 35.5 Å². The molecule has 0 bridgehead atoms. The minimum Gasteiger partial charge on any atom is -0.497 e. The Morgan fingerprint density at radius 1 is 1.10 bits per heavy atom. The fourth-order valence-electron chi connectivity index (χ4n) is 1.74. The maximum atomic E-state index is 13.6. The van der Waals surface area contributed by atoms with Crippen LogP contribution in [-0.4, -0.2) is 32.3 Å². The van der Waals surface area contributed by atoms with Crippen molar-refractivity contribution in [2.24, 2.45) is 0 Å². The number of esters is 1. The van der Waals surface area contributed by atoms with Gasteiger partial charge in [0.15, 0.2) is 0 Å². The van der Waals surface area contributed by atoms with Crippen LogP contribution < -0.4 is 4.74 Å². The van der Waals surface area contributed by atoms with E-state index in [0.717, 1.165) is 19.2 Å². The molecule has 1 aromatic carbocycles. The molecule has 0 spiro atoms. The van der Waals surface area contributed by atoms with Crippen molar-refractivity contribution >= 4 is 5.97 Å². The van der Waals surface area contributed by atoms with Crippen LogP contribution in [0.15, 0.2) is 24.3 Å². The summed E-state index contributed by atoms with van der Waals surface area (Å²) in [6, 6.07) is 4.61. The van der Waals surface area contributed by atoms with Crippen molar-refractivity contribution in [2.45, 2.75) is 24.4 Å². The lowest BCUT2D eigenvalue weighted by atomic mass is 9.89. The summed E-state index contributed by atoms with van der Waals surface area (Å²) < 4.78 is 73.8. The Hall–Kier alpha value is -1.86. The number of hydrogen-bond acceptors (Lipinski definition) is 3. The summed E-state index contributed by atoms with van der Waals surface area (Å²) in [5, 5.41) is 0. The summed E-state index contributed by atoms with van der Waals surface area (Å²) in [7, 11) is 2.24. The normalized spacial score (nSPS) is 13.7. The van der Waals surface area contributed by atoms with Gasteiger partial charge in [0, 0.05) is 0 Å². The third kappa shape index (κ3) is 3.83. The first-order chi connectivity index (χ1) is 9.63. The van der Waals surface area contributed by atoms with Crippen LogP contribution in [0, 0.1) is 0 Å². The first kappa shape index (κ1) is 17.2. The van der Waals surface area contributed by atoms with Crippen LogP contribution in [0.2, 0.25) is 0 Å². The van der Waals surface area contributed by atoms with Crippen molar-refractivity contribution < 1.29 is 36.2 Å². The second-order valence-corrected chi connectivity index (χ2v) is 4.23. The average Bonchev–Trinajstić information content (AvgIpc) is 2.43. The van der Waals surface area contributed by atoms with Gasteiger partial charge < -0.3 is 9.47 Å². The molecule has 1 unspecified atom stereocenters. The molecule has 0 fully saturated rings. The largest absolute Gasteiger partial charge is 0.497 e. The average molecular weight is 312 g/mol. The molecule has 0 aromatic heterocycles. The van der Waals surface area contributed by atoms with Gasteiger partial charge in [-0.3, -0.25) is 4.79 Å². The Balaban J connectivity index is 3.21. The van der Waals surface area contributed by atoms with Gasteiger partial charge in [-0.25, -0.2) is 0 Å². The standard InChI is InChI=1S/C13H13F5O3/c1-20-9-5-3-8(4-6-9)10(7-11(19)21-2)12(14,15)13(16,17)18/h3-6,10H,7H2,1-2H3. The molecule has 0 aliphatic rings. The maximum Gasteiger partial charge on any atom is 0.453 e. The fraction of sp³-hybridized carbons (Fsp3) is 0.462. The van der Waals surface area contributed by atoms with Gasteiger partial charge in [-0.05, 0) is 17.7 Å². The monoisotopic (exact) mass is 312 g/mol. The lowest BCUT2D eigenvalue weighted by Gasteiger charge is -2.28. The lowest BCUT2D eigenvalue weighted by molar-refractivity contribution is -0.291. The number of methoxy groups -OCH3 is 2. The van der Waals surface area contributed by atoms with Crippen molar-refractivity contribution in [1.82, 2.24) is 0 Å². The number of rotatable bonds is 5. The van der Waals surface area contributed by atoms with Crippen LogP contribution in [-0.2, 0) is 9.53 Å². The van der Waals surface area contributed by atoms with Gasteiger partial charge in [-0.1, -0.05) is 12.1 Å². The minimum atomic E-state index is -5.77. The van der Waals surface area contributed by atoms with E-state index in [1.165, 1.54) is 19.2 Å². The lowest BCUT2D eigenvalue weighted by Crippen LogP contribution is -2.43. The van der Waals surface area contributed by atoms with Crippen LogP contribution >= 0.6 is 0 Å². The Bertz CT molecular complexity index is 482. The van der Waals surface area contributed by atoms with Crippen molar-refractivity contribution in [3.63, 3.8) is 0 Å². The molecule has 1 atom stereocenters. The van der Waals surface area contributed by atoms with Gasteiger partial charge in [-0.15, -0.1) is 0 Å². The summed E-state index contributed by atoms with van der Waals surface area (Å²) in [6.45, 7) is 0. The van der Waals surface area contributed by atoms with Gasteiger partial charge in [0.2, 0.25) is 0 Å². The Morgan fingerprint density at radius 2 is 1.62 bits per heavy atom. The first-order valence-corrected chi connectivity index (χ1v) is 5.78. The van der Waals surface area contributed by atoms with Gasteiger partial charge in [0.25, 0.3) is 0 Å². The number of alkyl halides is 5. The predicted octanol–water partition coefficient (Wildman–Crippen LogP) is 3.54. The first-order valence-electron chi connectivity index (χ1n) is 5.78. The van der Waals surface area contributed by atoms with E-state index in [0.29, 0.717) is 5.75 Å². The molecule has 118 valence electrons. The summed E-state index contributed by atoms with van der Waals surface area (Å²) in [5.41, 5.74) is -0.330. The zero-order valence-electron chi connectivity index (χ0n) is 11.2. The van der Waals surface area contributed by atoms with E-state index in [1.807, 2.05) is 0 Å². The molecule has 21 heavy (non-hydrogen) atoms. The third-order valence-electron chi connectivity index (χ3n) is 2.93. The number of carbonyl (C=O) groups is 1. The van der Waals surface area contributed by atoms with Crippen LogP contribution in [0.1, 0.15) is 17.9 Å². The second kappa shape index (κ2) is 6.28. The molecule has 8 heteroatoms. The molecule has 0 saturated carbocycles. The molecule has 0 heterocycles. The van der Waals surface area contributed by atoms with Gasteiger partial charge >= 0.3 is 18.1 Å². The quantitative estimate of drug-likeness (QED) is 0.616. The fourth-order valence-corrected chi connectivity index (χ4v) is 1.74. The van der Waals surface area contributed by atoms with Crippen molar-refractivity contribution in [3.05, 3.63) is 29.8 Å². The number of halogens is 5. The van der Waals surface area contributed by atoms with Crippen LogP contribution in [0.3, 0.4) is 0 Å². The molecule has 0 saturated heterocycles. The van der Waals surface area contributed by atoms with Crippen molar-refractivity contribution in [2.75, 3.05) is 14.2 Å². The van der Waals surface area contributed by atoms with E-state index >= 15 is 0 Å². The van der Waals surface area contributed by atoms with E-state index in [4.69, 9.17) is 4.74 Å². The molecule has 0 aliphatic heterocycles. The third-order valence-corrected chi connectivity index (χ3v) is 2.93. The van der Waals surface area contributed by atoms with E-state index in [2.05, 4.69) is 4.74 Å². The van der Waals surface area contributed by atoms with Gasteiger partial charge in [-0.2, -0.15) is 22.0 Å². The number of benzene rings is 1. The Morgan fingerprint density at radius 3 is 2.00 bits per heavy atom. The predicted molar refractivity (Wildman–Crippen MR) is 63.4 cm³/mol. The highest BCUT2D eigenvalue weighted by Crippen LogP contribution is 2.47. The zero-order chi connectivity index (χ0) is 16.3. The molecule has 0 amide bonds. The summed E-state index contributed by atoms with van der Waals surface area (Å²) in [4.78, 5) is 11.1. The molecular formula is C13H13F5O3. The number of hydrogen-bond donors (Lipinski definition) is 0. The molecule has 3 nitrogen and oxygen atoms in total. The summed E-state index contributed by atoms with van der Waals surface area (Å²) in [5.74, 6) is -8.28. The van der Waals surface area contributed by atoms with E-state index < -0.39 is 30.4 Å². The highest BCUT2D eigenvalue weighted by molar-refractivity contribution is 5.70. The van der Waals surface area contributed by atoms with Crippen molar-refractivity contribution in [3.8, 4) is 5.75 Å². The van der Waals surface area contributed by atoms with Crippen molar-refractivity contribution in [1.29, 1.82) is 0 Å². The molecule has 0 aliphatic carbocycles. The van der Waals surface area contributed by atoms with Gasteiger partial charge in [0.05, 0.1) is 26.6 Å². The van der Waals surface area contributed by atoms with E-state index in [-0.39, 0.29) is 5.56 Å². The second-order valence-electron chi connectivity index (χ2n) is 4.23. The minimum absolute atomic E-state index is 0.297. The summed E-state index contributed by atoms with van der Waals surface area (Å²) >= 11 is 0. The molecule has 1 rings (SSSR count). The smallest absolute Gasteiger partial charge is 0.453 e. The molecule has 0 N–H and O–H groups in total. The SMILES string of the molecule is COC(=O)CC(c1ccc(OC)cc1)C(F)(F)C(F)(F)F. The van der Waals surface area contributed by atoms with Crippen LogP contribution in [0.5, 0.6) is 5.75 Å². The van der Waals surface area contributed by atoms with Crippen LogP contribution in [0.4, 0.5) is 22.0 Å². The highest BCUT2D eigenvalue weighted by Gasteiger charge is 2.62. The zero-order valence-corrected chi connectivity index (χ0v) is 11.2. The van der Waals surface area contributed by atoms with E-state index in [9.17, 15) is 26.7 Å². The number of ether oxygens (including phenoxy) is 2. The Labute approximate surface area is 117 Å². The highest BCUT2D eigenvalue weighted by atomic mass is 19.4. The molecule has 0 radical (unpaired) electrons. The van der Waals surface area contributed by atoms with Crippen LogP contribution in [0.25, 0.3) is 0 Å². The molecule has 1 aromatic rings. The Kier molecular flexibility index (Phi) is 5.14. The maximum absolute atomic E-state index is 13.6. The van der Waals surface area contributed by atoms with E-state index in [1.54, 1.807) is 0 Å². The number of carbonyl (C=O) groups excluding carboxylic acids is 1. The molecular weight excluding hydrogens is 299 g/mol.